The van der Waals surface area contributed by atoms with Crippen LogP contribution in [-0.4, -0.2) is 34.3 Å². The van der Waals surface area contributed by atoms with Crippen molar-refractivity contribution in [1.29, 1.82) is 0 Å². The van der Waals surface area contributed by atoms with Crippen LogP contribution in [0.15, 0.2) is 30.3 Å². The van der Waals surface area contributed by atoms with Crippen LogP contribution in [0.25, 0.3) is 0 Å². The molecular weight excluding hydrogens is 322 g/mol. The lowest BCUT2D eigenvalue weighted by molar-refractivity contribution is 0.0950. The highest BCUT2D eigenvalue weighted by molar-refractivity contribution is 5.95. The first-order valence-corrected chi connectivity index (χ1v) is 7.76. The largest absolute Gasteiger partial charge is 0.496 e. The highest BCUT2D eigenvalue weighted by Crippen LogP contribution is 2.31. The fourth-order valence-electron chi connectivity index (χ4n) is 2.59. The van der Waals surface area contributed by atoms with E-state index in [0.29, 0.717) is 35.1 Å². The third kappa shape index (κ3) is 3.96. The Kier molecular flexibility index (Phi) is 6.11. The normalized spacial score (nSPS) is 10.1. The van der Waals surface area contributed by atoms with Crippen LogP contribution in [0.3, 0.4) is 0 Å². The molecule has 2 rings (SSSR count). The number of carbonyl (C=O) groups excluding carboxylic acids is 1. The number of carbonyl (C=O) groups is 1. The predicted octanol–water partition coefficient (Wildman–Crippen LogP) is 2.96. The maximum atomic E-state index is 12.5. The molecule has 6 nitrogen and oxygen atoms in total. The number of rotatable bonds is 7. The van der Waals surface area contributed by atoms with E-state index in [-0.39, 0.29) is 5.91 Å². The third-order valence-corrected chi connectivity index (χ3v) is 3.94. The van der Waals surface area contributed by atoms with E-state index in [9.17, 15) is 4.79 Å². The van der Waals surface area contributed by atoms with Gasteiger partial charge in [-0.25, -0.2) is 0 Å². The van der Waals surface area contributed by atoms with Crippen molar-refractivity contribution in [1.82, 2.24) is 5.32 Å². The van der Waals surface area contributed by atoms with E-state index in [1.165, 1.54) is 0 Å². The number of benzene rings is 2. The predicted molar refractivity (Wildman–Crippen MR) is 95.0 cm³/mol. The Morgan fingerprint density at radius 2 is 1.52 bits per heavy atom. The lowest BCUT2D eigenvalue weighted by Crippen LogP contribution is -2.23. The Morgan fingerprint density at radius 1 is 0.920 bits per heavy atom. The number of amides is 1. The van der Waals surface area contributed by atoms with Crippen molar-refractivity contribution in [2.75, 3.05) is 28.4 Å². The fourth-order valence-corrected chi connectivity index (χ4v) is 2.59. The van der Waals surface area contributed by atoms with Gasteiger partial charge < -0.3 is 24.3 Å². The molecule has 0 spiro atoms. The summed E-state index contributed by atoms with van der Waals surface area (Å²) in [5.74, 6) is 2.19. The second-order valence-corrected chi connectivity index (χ2v) is 5.34. The number of methoxy groups -OCH3 is 4. The molecule has 0 unspecified atom stereocenters. The minimum Gasteiger partial charge on any atom is -0.496 e. The van der Waals surface area contributed by atoms with Gasteiger partial charge in [-0.1, -0.05) is 12.1 Å². The van der Waals surface area contributed by atoms with Crippen LogP contribution in [0.1, 0.15) is 21.5 Å². The van der Waals surface area contributed by atoms with Crippen LogP contribution >= 0.6 is 0 Å². The molecule has 0 atom stereocenters. The third-order valence-electron chi connectivity index (χ3n) is 3.94. The molecule has 0 aromatic heterocycles. The van der Waals surface area contributed by atoms with Crippen LogP contribution in [0, 0.1) is 6.92 Å². The van der Waals surface area contributed by atoms with Crippen molar-refractivity contribution >= 4 is 5.91 Å². The Morgan fingerprint density at radius 3 is 2.04 bits per heavy atom. The van der Waals surface area contributed by atoms with Gasteiger partial charge in [0, 0.05) is 23.2 Å². The minimum absolute atomic E-state index is 0.235. The summed E-state index contributed by atoms with van der Waals surface area (Å²) < 4.78 is 21.3. The smallest absolute Gasteiger partial charge is 0.251 e. The van der Waals surface area contributed by atoms with E-state index in [2.05, 4.69) is 5.32 Å². The molecule has 0 fully saturated rings. The van der Waals surface area contributed by atoms with Crippen LogP contribution in [-0.2, 0) is 6.54 Å². The average Bonchev–Trinajstić information content (AvgIpc) is 2.65. The molecule has 0 radical (unpaired) electrons. The molecular formula is C19H23NO5. The summed E-state index contributed by atoms with van der Waals surface area (Å²) in [5, 5.41) is 2.88. The van der Waals surface area contributed by atoms with E-state index < -0.39 is 0 Å². The van der Waals surface area contributed by atoms with Crippen molar-refractivity contribution in [3.05, 3.63) is 47.0 Å². The van der Waals surface area contributed by atoms with Gasteiger partial charge in [-0.2, -0.15) is 0 Å². The number of para-hydroxylation sites is 1. The van der Waals surface area contributed by atoms with Gasteiger partial charge in [0.15, 0.2) is 11.5 Å². The quantitative estimate of drug-likeness (QED) is 0.836. The highest BCUT2D eigenvalue weighted by atomic mass is 16.5. The van der Waals surface area contributed by atoms with E-state index >= 15 is 0 Å². The maximum absolute atomic E-state index is 12.5. The van der Waals surface area contributed by atoms with Crippen LogP contribution in [0.2, 0.25) is 0 Å². The zero-order valence-electron chi connectivity index (χ0n) is 15.1. The van der Waals surface area contributed by atoms with Gasteiger partial charge in [0.2, 0.25) is 0 Å². The summed E-state index contributed by atoms with van der Waals surface area (Å²) >= 11 is 0. The molecule has 0 saturated carbocycles. The second kappa shape index (κ2) is 8.28. The minimum atomic E-state index is -0.235. The topological polar surface area (TPSA) is 66.0 Å². The van der Waals surface area contributed by atoms with Crippen molar-refractivity contribution in [2.24, 2.45) is 0 Å². The van der Waals surface area contributed by atoms with Gasteiger partial charge in [-0.05, 0) is 25.1 Å². The zero-order valence-corrected chi connectivity index (χ0v) is 15.1. The first-order chi connectivity index (χ1) is 12.0. The molecule has 6 heteroatoms. The van der Waals surface area contributed by atoms with E-state index in [0.717, 1.165) is 11.1 Å². The lowest BCUT2D eigenvalue weighted by atomic mass is 10.1. The summed E-state index contributed by atoms with van der Waals surface area (Å²) in [6, 6.07) is 8.91. The molecule has 1 amide bonds. The molecule has 2 aromatic carbocycles. The van der Waals surface area contributed by atoms with E-state index in [4.69, 9.17) is 18.9 Å². The number of nitrogens with one attached hydrogen (secondary N) is 1. The van der Waals surface area contributed by atoms with Crippen LogP contribution < -0.4 is 24.3 Å². The Balaban J connectivity index is 2.21. The van der Waals surface area contributed by atoms with Crippen molar-refractivity contribution in [3.8, 4) is 23.0 Å². The van der Waals surface area contributed by atoms with Gasteiger partial charge >= 0.3 is 0 Å². The van der Waals surface area contributed by atoms with Gasteiger partial charge in [0.05, 0.1) is 28.4 Å². The standard InChI is InChI=1S/C19H23NO5/c1-12-16(23-3)9-14(10-17(12)24-4)19(21)20-11-13-7-6-8-15(22-2)18(13)25-5/h6-10H,11H2,1-5H3,(H,20,21). The second-order valence-electron chi connectivity index (χ2n) is 5.34. The van der Waals surface area contributed by atoms with Crippen molar-refractivity contribution in [2.45, 2.75) is 13.5 Å². The first kappa shape index (κ1) is 18.4. The highest BCUT2D eigenvalue weighted by Gasteiger charge is 2.15. The molecule has 25 heavy (non-hydrogen) atoms. The van der Waals surface area contributed by atoms with Crippen molar-refractivity contribution < 1.29 is 23.7 Å². The summed E-state index contributed by atoms with van der Waals surface area (Å²) in [4.78, 5) is 12.5. The summed E-state index contributed by atoms with van der Waals surface area (Å²) in [6.07, 6.45) is 0. The van der Waals surface area contributed by atoms with E-state index in [1.54, 1.807) is 46.6 Å². The molecule has 0 saturated heterocycles. The number of hydrogen-bond acceptors (Lipinski definition) is 5. The molecule has 1 N–H and O–H groups in total. The molecule has 0 aliphatic carbocycles. The van der Waals surface area contributed by atoms with Crippen LogP contribution in [0.5, 0.6) is 23.0 Å². The number of ether oxygens (including phenoxy) is 4. The Labute approximate surface area is 147 Å². The molecule has 134 valence electrons. The SMILES string of the molecule is COc1cc(C(=O)NCc2cccc(OC)c2OC)cc(OC)c1C. The van der Waals surface area contributed by atoms with Crippen molar-refractivity contribution in [3.63, 3.8) is 0 Å². The van der Waals surface area contributed by atoms with Gasteiger partial charge in [-0.15, -0.1) is 0 Å². The lowest BCUT2D eigenvalue weighted by Gasteiger charge is -2.14. The van der Waals surface area contributed by atoms with E-state index in [1.807, 2.05) is 19.1 Å². The van der Waals surface area contributed by atoms with Gasteiger partial charge in [-0.3, -0.25) is 4.79 Å². The molecule has 2 aromatic rings. The van der Waals surface area contributed by atoms with Crippen LogP contribution in [0.4, 0.5) is 0 Å². The van der Waals surface area contributed by atoms with Gasteiger partial charge in [0.1, 0.15) is 11.5 Å². The Hall–Kier alpha value is -2.89. The maximum Gasteiger partial charge on any atom is 0.251 e. The van der Waals surface area contributed by atoms with Gasteiger partial charge in [0.25, 0.3) is 5.91 Å². The molecule has 0 aliphatic heterocycles. The molecule has 0 heterocycles. The fraction of sp³-hybridized carbons (Fsp3) is 0.316. The molecule has 0 aliphatic rings. The summed E-state index contributed by atoms with van der Waals surface area (Å²) in [6.45, 7) is 2.18. The first-order valence-electron chi connectivity index (χ1n) is 7.76. The summed E-state index contributed by atoms with van der Waals surface area (Å²) in [5.41, 5.74) is 2.12. The average molecular weight is 345 g/mol. The summed E-state index contributed by atoms with van der Waals surface area (Å²) in [7, 11) is 6.26. The zero-order chi connectivity index (χ0) is 18.4. The number of hydrogen-bond donors (Lipinski definition) is 1. The monoisotopic (exact) mass is 345 g/mol. The molecule has 0 bridgehead atoms. The Bertz CT molecular complexity index is 732.